The van der Waals surface area contributed by atoms with Gasteiger partial charge in [-0.15, -0.1) is 0 Å². The van der Waals surface area contributed by atoms with Crippen molar-refractivity contribution in [3.8, 4) is 0 Å². The summed E-state index contributed by atoms with van der Waals surface area (Å²) in [5.41, 5.74) is 4.48. The molecule has 1 atom stereocenters. The Bertz CT molecular complexity index is 1170. The molecule has 1 saturated heterocycles. The van der Waals surface area contributed by atoms with Crippen molar-refractivity contribution in [1.29, 1.82) is 0 Å². The summed E-state index contributed by atoms with van der Waals surface area (Å²) >= 11 is 6.36. The van der Waals surface area contributed by atoms with E-state index in [1.165, 1.54) is 17.4 Å². The van der Waals surface area contributed by atoms with E-state index in [1.54, 1.807) is 12.1 Å². The zero-order chi connectivity index (χ0) is 22.0. The van der Waals surface area contributed by atoms with Gasteiger partial charge in [0, 0.05) is 43.1 Å². The Balaban J connectivity index is 1.62. The maximum absolute atomic E-state index is 12.0. The molecule has 0 aliphatic carbocycles. The predicted molar refractivity (Wildman–Crippen MR) is 128 cm³/mol. The molecule has 3 aromatic carbocycles. The van der Waals surface area contributed by atoms with Gasteiger partial charge in [-0.05, 0) is 47.9 Å². The van der Waals surface area contributed by atoms with Crippen LogP contribution in [-0.2, 0) is 16.4 Å². The van der Waals surface area contributed by atoms with Crippen molar-refractivity contribution < 1.29 is 8.42 Å². The quantitative estimate of drug-likeness (QED) is 0.536. The lowest BCUT2D eigenvalue weighted by Crippen LogP contribution is -2.48. The summed E-state index contributed by atoms with van der Waals surface area (Å²) in [5.74, 6) is 0. The largest absolute Gasteiger partial charge is 0.368 e. The van der Waals surface area contributed by atoms with Crippen LogP contribution in [0.3, 0.4) is 0 Å². The van der Waals surface area contributed by atoms with E-state index in [1.807, 2.05) is 25.1 Å². The summed E-state index contributed by atoms with van der Waals surface area (Å²) in [5, 5.41) is 0.796. The summed E-state index contributed by atoms with van der Waals surface area (Å²) in [6, 6.07) is 24.2. The topological polar surface area (TPSA) is 40.6 Å². The number of halogens is 1. The second-order valence-electron chi connectivity index (χ2n) is 8.20. The number of piperazine rings is 1. The van der Waals surface area contributed by atoms with Crippen LogP contribution in [0.15, 0.2) is 77.7 Å². The molecule has 1 unspecified atom stereocenters. The Hall–Kier alpha value is -2.34. The van der Waals surface area contributed by atoms with Gasteiger partial charge in [-0.2, -0.15) is 0 Å². The van der Waals surface area contributed by atoms with Crippen LogP contribution >= 0.6 is 11.6 Å². The monoisotopic (exact) mass is 454 g/mol. The van der Waals surface area contributed by atoms with Gasteiger partial charge in [0.25, 0.3) is 0 Å². The first-order valence-corrected chi connectivity index (χ1v) is 12.7. The molecule has 0 aromatic heterocycles. The van der Waals surface area contributed by atoms with Crippen molar-refractivity contribution in [2.75, 3.05) is 30.8 Å². The molecule has 0 saturated carbocycles. The van der Waals surface area contributed by atoms with Gasteiger partial charge in [-0.1, -0.05) is 60.1 Å². The molecule has 1 heterocycles. The highest BCUT2D eigenvalue weighted by Crippen LogP contribution is 2.31. The maximum Gasteiger partial charge on any atom is 0.175 e. The number of benzene rings is 3. The number of aryl methyl sites for hydroxylation is 1. The van der Waals surface area contributed by atoms with E-state index in [0.29, 0.717) is 4.90 Å². The molecule has 0 spiro atoms. The molecule has 0 amide bonds. The Kier molecular flexibility index (Phi) is 6.37. The summed E-state index contributed by atoms with van der Waals surface area (Å²) in [6.45, 7) is 5.32. The fourth-order valence-corrected chi connectivity index (χ4v) is 4.98. The van der Waals surface area contributed by atoms with Crippen LogP contribution < -0.4 is 4.90 Å². The van der Waals surface area contributed by atoms with Gasteiger partial charge < -0.3 is 4.90 Å². The molecule has 0 N–H and O–H groups in total. The Morgan fingerprint density at radius 2 is 1.74 bits per heavy atom. The molecule has 0 bridgehead atoms. The molecule has 1 aliphatic rings. The zero-order valence-electron chi connectivity index (χ0n) is 17.8. The van der Waals surface area contributed by atoms with Crippen LogP contribution in [0, 0.1) is 6.92 Å². The van der Waals surface area contributed by atoms with E-state index in [9.17, 15) is 8.42 Å². The number of nitrogens with zero attached hydrogens (tertiary/aromatic N) is 2. The molecular formula is C25H27ClN2O2S. The third kappa shape index (κ3) is 5.12. The molecule has 162 valence electrons. The van der Waals surface area contributed by atoms with Crippen molar-refractivity contribution in [1.82, 2.24) is 4.90 Å². The first-order valence-electron chi connectivity index (χ1n) is 10.4. The van der Waals surface area contributed by atoms with E-state index in [0.717, 1.165) is 42.5 Å². The minimum atomic E-state index is -3.24. The van der Waals surface area contributed by atoms with E-state index in [4.69, 9.17) is 11.6 Å². The molecule has 1 fully saturated rings. The summed E-state index contributed by atoms with van der Waals surface area (Å²) < 4.78 is 24.0. The number of hydrogen-bond acceptors (Lipinski definition) is 4. The minimum absolute atomic E-state index is 0.192. The van der Waals surface area contributed by atoms with Crippen LogP contribution in [0.1, 0.15) is 22.7 Å². The summed E-state index contributed by atoms with van der Waals surface area (Å²) in [7, 11) is -3.24. The number of anilines is 1. The van der Waals surface area contributed by atoms with Gasteiger partial charge in [0.05, 0.1) is 10.9 Å². The minimum Gasteiger partial charge on any atom is -0.368 e. The third-order valence-corrected chi connectivity index (χ3v) is 7.43. The Morgan fingerprint density at radius 1 is 0.968 bits per heavy atom. The highest BCUT2D eigenvalue weighted by molar-refractivity contribution is 7.90. The highest BCUT2D eigenvalue weighted by atomic mass is 35.5. The standard InChI is InChI=1S/C25H27ClN2O2S/c1-19-11-12-20(15-24(19)26)17-28-14-13-27(18-25(28)21-7-4-3-5-8-21)22-9-6-10-23(16-22)31(2,29)30/h3-12,15-16,25H,13-14,17-18H2,1-2H3. The third-order valence-electron chi connectivity index (χ3n) is 5.91. The molecule has 3 aromatic rings. The van der Waals surface area contributed by atoms with Gasteiger partial charge in [-0.25, -0.2) is 8.42 Å². The molecular weight excluding hydrogens is 428 g/mol. The van der Waals surface area contributed by atoms with E-state index in [2.05, 4.69) is 52.3 Å². The molecule has 0 radical (unpaired) electrons. The smallest absolute Gasteiger partial charge is 0.175 e. The van der Waals surface area contributed by atoms with Crippen LogP contribution in [0.4, 0.5) is 5.69 Å². The zero-order valence-corrected chi connectivity index (χ0v) is 19.4. The lowest BCUT2D eigenvalue weighted by molar-refractivity contribution is 0.169. The Morgan fingerprint density at radius 3 is 2.45 bits per heavy atom. The van der Waals surface area contributed by atoms with Crippen LogP contribution in [0.25, 0.3) is 0 Å². The van der Waals surface area contributed by atoms with Crippen molar-refractivity contribution in [3.05, 3.63) is 94.5 Å². The predicted octanol–water partition coefficient (Wildman–Crippen LogP) is 5.12. The molecule has 4 nitrogen and oxygen atoms in total. The normalized spacial score (nSPS) is 17.6. The van der Waals surface area contributed by atoms with Gasteiger partial charge in [-0.3, -0.25) is 4.90 Å². The van der Waals surface area contributed by atoms with Crippen molar-refractivity contribution in [2.45, 2.75) is 24.4 Å². The first-order chi connectivity index (χ1) is 14.8. The SMILES string of the molecule is Cc1ccc(CN2CCN(c3cccc(S(C)(=O)=O)c3)CC2c2ccccc2)cc1Cl. The van der Waals surface area contributed by atoms with Crippen LogP contribution in [0.5, 0.6) is 0 Å². The van der Waals surface area contributed by atoms with Gasteiger partial charge in [0.1, 0.15) is 0 Å². The van der Waals surface area contributed by atoms with E-state index < -0.39 is 9.84 Å². The average Bonchev–Trinajstić information content (AvgIpc) is 2.77. The number of rotatable bonds is 5. The maximum atomic E-state index is 12.0. The van der Waals surface area contributed by atoms with Crippen LogP contribution in [-0.4, -0.2) is 39.2 Å². The summed E-state index contributed by atoms with van der Waals surface area (Å²) in [6.07, 6.45) is 1.25. The van der Waals surface area contributed by atoms with Gasteiger partial charge in [0.2, 0.25) is 0 Å². The molecule has 6 heteroatoms. The van der Waals surface area contributed by atoms with Crippen molar-refractivity contribution in [2.24, 2.45) is 0 Å². The lowest BCUT2D eigenvalue weighted by Gasteiger charge is -2.43. The van der Waals surface area contributed by atoms with E-state index in [-0.39, 0.29) is 6.04 Å². The fraction of sp³-hybridized carbons (Fsp3) is 0.280. The van der Waals surface area contributed by atoms with Gasteiger partial charge in [0.15, 0.2) is 9.84 Å². The van der Waals surface area contributed by atoms with Crippen LogP contribution in [0.2, 0.25) is 5.02 Å². The first kappa shape index (κ1) is 21.9. The number of sulfone groups is 1. The van der Waals surface area contributed by atoms with Crippen molar-refractivity contribution in [3.63, 3.8) is 0 Å². The molecule has 1 aliphatic heterocycles. The lowest BCUT2D eigenvalue weighted by atomic mass is 10.0. The molecule has 4 rings (SSSR count). The number of hydrogen-bond donors (Lipinski definition) is 0. The fourth-order valence-electron chi connectivity index (χ4n) is 4.12. The van der Waals surface area contributed by atoms with E-state index >= 15 is 0 Å². The summed E-state index contributed by atoms with van der Waals surface area (Å²) in [4.78, 5) is 5.12. The second-order valence-corrected chi connectivity index (χ2v) is 10.6. The Labute approximate surface area is 190 Å². The highest BCUT2D eigenvalue weighted by Gasteiger charge is 2.29. The van der Waals surface area contributed by atoms with Crippen molar-refractivity contribution >= 4 is 27.1 Å². The second kappa shape index (κ2) is 9.03. The average molecular weight is 455 g/mol. The van der Waals surface area contributed by atoms with Gasteiger partial charge >= 0.3 is 0 Å². The molecule has 31 heavy (non-hydrogen) atoms.